The number of rotatable bonds is 6. The molecule has 0 aliphatic heterocycles. The van der Waals surface area contributed by atoms with Crippen LogP contribution in [0.1, 0.15) is 24.2 Å². The number of carbonyl (C=O) groups excluding carboxylic acids is 2. The highest BCUT2D eigenvalue weighted by molar-refractivity contribution is 6.04. The van der Waals surface area contributed by atoms with Gasteiger partial charge in [-0.2, -0.15) is 0 Å². The van der Waals surface area contributed by atoms with Crippen molar-refractivity contribution in [3.63, 3.8) is 0 Å². The van der Waals surface area contributed by atoms with Crippen molar-refractivity contribution in [1.82, 2.24) is 0 Å². The summed E-state index contributed by atoms with van der Waals surface area (Å²) in [6, 6.07) is 11.8. The van der Waals surface area contributed by atoms with Crippen LogP contribution in [0.25, 0.3) is 0 Å². The predicted molar refractivity (Wildman–Crippen MR) is 87.5 cm³/mol. The first-order chi connectivity index (χ1) is 11.5. The highest BCUT2D eigenvalue weighted by atomic mass is 19.1. The zero-order valence-corrected chi connectivity index (χ0v) is 13.4. The second-order valence-corrected chi connectivity index (χ2v) is 5.00. The molecule has 2 rings (SSSR count). The lowest BCUT2D eigenvalue weighted by Crippen LogP contribution is -2.26. The Morgan fingerprint density at radius 3 is 2.29 bits per heavy atom. The van der Waals surface area contributed by atoms with Crippen LogP contribution in [0.2, 0.25) is 0 Å². The number of hydrogen-bond acceptors (Lipinski definition) is 4. The number of hydrogen-bond donors (Lipinski definition) is 1. The number of esters is 1. The van der Waals surface area contributed by atoms with E-state index >= 15 is 0 Å². The Balaban J connectivity index is 1.97. The Morgan fingerprint density at radius 2 is 1.71 bits per heavy atom. The lowest BCUT2D eigenvalue weighted by molar-refractivity contribution is -0.150. The van der Waals surface area contributed by atoms with Gasteiger partial charge in [-0.25, -0.2) is 9.18 Å². The lowest BCUT2D eigenvalue weighted by Gasteiger charge is -2.13. The van der Waals surface area contributed by atoms with Crippen molar-refractivity contribution < 1.29 is 23.5 Å². The summed E-state index contributed by atoms with van der Waals surface area (Å²) in [6.45, 7) is 3.60. The second kappa shape index (κ2) is 8.10. The molecule has 5 nitrogen and oxygen atoms in total. The van der Waals surface area contributed by atoms with Crippen molar-refractivity contribution >= 4 is 17.6 Å². The number of ether oxygens (including phenoxy) is 2. The third-order valence-corrected chi connectivity index (χ3v) is 3.15. The molecule has 0 radical (unpaired) electrons. The fourth-order valence-corrected chi connectivity index (χ4v) is 1.93. The van der Waals surface area contributed by atoms with E-state index in [0.29, 0.717) is 17.0 Å². The van der Waals surface area contributed by atoms with Crippen molar-refractivity contribution in [2.75, 3.05) is 11.9 Å². The van der Waals surface area contributed by atoms with Crippen molar-refractivity contribution in [3.05, 3.63) is 59.9 Å². The smallest absolute Gasteiger partial charge is 0.347 e. The summed E-state index contributed by atoms with van der Waals surface area (Å²) in [7, 11) is 0. The summed E-state index contributed by atoms with van der Waals surface area (Å²) in [4.78, 5) is 23.6. The Kier molecular flexibility index (Phi) is 5.89. The topological polar surface area (TPSA) is 64.6 Å². The molecule has 0 bridgehead atoms. The molecule has 0 aliphatic carbocycles. The number of anilines is 1. The molecule has 24 heavy (non-hydrogen) atoms. The average molecular weight is 331 g/mol. The van der Waals surface area contributed by atoms with E-state index in [2.05, 4.69) is 5.32 Å². The predicted octanol–water partition coefficient (Wildman–Crippen LogP) is 3.41. The minimum absolute atomic E-state index is 0.287. The minimum Gasteiger partial charge on any atom is -0.479 e. The van der Waals surface area contributed by atoms with Gasteiger partial charge in [-0.1, -0.05) is 0 Å². The van der Waals surface area contributed by atoms with Gasteiger partial charge >= 0.3 is 5.97 Å². The summed E-state index contributed by atoms with van der Waals surface area (Å²) >= 11 is 0. The summed E-state index contributed by atoms with van der Waals surface area (Å²) in [6.07, 6.45) is -0.733. The number of carbonyl (C=O) groups is 2. The number of halogens is 1. The normalized spacial score (nSPS) is 11.5. The van der Waals surface area contributed by atoms with E-state index in [1.54, 1.807) is 38.1 Å². The molecule has 0 aromatic heterocycles. The van der Waals surface area contributed by atoms with Crippen LogP contribution in [0, 0.1) is 5.82 Å². The molecule has 1 N–H and O–H groups in total. The van der Waals surface area contributed by atoms with E-state index in [9.17, 15) is 14.0 Å². The minimum atomic E-state index is -0.733. The Bertz CT molecular complexity index is 698. The highest BCUT2D eigenvalue weighted by Gasteiger charge is 2.15. The molecule has 2 aromatic rings. The molecule has 1 unspecified atom stereocenters. The molecular formula is C18H18FNO4. The van der Waals surface area contributed by atoms with Gasteiger partial charge in [-0.05, 0) is 62.4 Å². The third-order valence-electron chi connectivity index (χ3n) is 3.15. The Hall–Kier alpha value is -2.89. The van der Waals surface area contributed by atoms with E-state index in [1.165, 1.54) is 24.3 Å². The highest BCUT2D eigenvalue weighted by Crippen LogP contribution is 2.16. The molecule has 1 amide bonds. The van der Waals surface area contributed by atoms with E-state index in [4.69, 9.17) is 9.47 Å². The van der Waals surface area contributed by atoms with Crippen LogP contribution in [0.5, 0.6) is 5.75 Å². The van der Waals surface area contributed by atoms with Gasteiger partial charge in [0.25, 0.3) is 5.91 Å². The molecule has 2 aromatic carbocycles. The fraction of sp³-hybridized carbons (Fsp3) is 0.222. The summed E-state index contributed by atoms with van der Waals surface area (Å²) in [5.74, 6) is -0.693. The quantitative estimate of drug-likeness (QED) is 0.824. The van der Waals surface area contributed by atoms with E-state index in [0.717, 1.165) is 0 Å². The van der Waals surface area contributed by atoms with Crippen molar-refractivity contribution in [3.8, 4) is 5.75 Å². The molecule has 0 saturated carbocycles. The number of nitrogens with one attached hydrogen (secondary N) is 1. The first kappa shape index (κ1) is 17.5. The fourth-order valence-electron chi connectivity index (χ4n) is 1.93. The van der Waals surface area contributed by atoms with Gasteiger partial charge in [0.05, 0.1) is 6.61 Å². The SMILES string of the molecule is CCOC(=O)C(C)Oc1ccc(C(=O)Nc2ccc(F)cc2)cc1. The molecule has 0 heterocycles. The van der Waals surface area contributed by atoms with Crippen LogP contribution in [0.4, 0.5) is 10.1 Å². The molecule has 0 saturated heterocycles. The maximum atomic E-state index is 12.8. The molecule has 0 spiro atoms. The molecule has 6 heteroatoms. The van der Waals surface area contributed by atoms with Gasteiger partial charge in [0.15, 0.2) is 6.10 Å². The standard InChI is InChI=1S/C18H18FNO4/c1-3-23-18(22)12(2)24-16-10-4-13(5-11-16)17(21)20-15-8-6-14(19)7-9-15/h4-12H,3H2,1-2H3,(H,20,21). The van der Waals surface area contributed by atoms with Gasteiger partial charge < -0.3 is 14.8 Å². The maximum Gasteiger partial charge on any atom is 0.347 e. The Labute approximate surface area is 139 Å². The summed E-state index contributed by atoms with van der Waals surface area (Å²) < 4.78 is 23.1. The van der Waals surface area contributed by atoms with Crippen molar-refractivity contribution in [2.24, 2.45) is 0 Å². The van der Waals surface area contributed by atoms with Crippen LogP contribution < -0.4 is 10.1 Å². The van der Waals surface area contributed by atoms with Crippen LogP contribution in [0.3, 0.4) is 0 Å². The molecule has 126 valence electrons. The van der Waals surface area contributed by atoms with Gasteiger partial charge in [0.1, 0.15) is 11.6 Å². The zero-order chi connectivity index (χ0) is 17.5. The van der Waals surface area contributed by atoms with Gasteiger partial charge in [-0.15, -0.1) is 0 Å². The zero-order valence-electron chi connectivity index (χ0n) is 13.4. The lowest BCUT2D eigenvalue weighted by atomic mass is 10.2. The van der Waals surface area contributed by atoms with Gasteiger partial charge in [0.2, 0.25) is 0 Å². The third kappa shape index (κ3) is 4.81. The van der Waals surface area contributed by atoms with Crippen molar-refractivity contribution in [1.29, 1.82) is 0 Å². The molecular weight excluding hydrogens is 313 g/mol. The van der Waals surface area contributed by atoms with Gasteiger partial charge in [-0.3, -0.25) is 4.79 Å². The van der Waals surface area contributed by atoms with Crippen LogP contribution >= 0.6 is 0 Å². The van der Waals surface area contributed by atoms with Crippen LogP contribution in [-0.2, 0) is 9.53 Å². The first-order valence-electron chi connectivity index (χ1n) is 7.50. The average Bonchev–Trinajstić information content (AvgIpc) is 2.57. The number of benzene rings is 2. The van der Waals surface area contributed by atoms with Crippen LogP contribution in [-0.4, -0.2) is 24.6 Å². The van der Waals surface area contributed by atoms with Crippen LogP contribution in [0.15, 0.2) is 48.5 Å². The monoisotopic (exact) mass is 331 g/mol. The molecule has 1 atom stereocenters. The summed E-state index contributed by atoms with van der Waals surface area (Å²) in [5.41, 5.74) is 0.910. The van der Waals surface area contributed by atoms with Gasteiger partial charge in [0, 0.05) is 11.3 Å². The summed E-state index contributed by atoms with van der Waals surface area (Å²) in [5, 5.41) is 2.66. The van der Waals surface area contributed by atoms with Crippen molar-refractivity contribution in [2.45, 2.75) is 20.0 Å². The largest absolute Gasteiger partial charge is 0.479 e. The number of amides is 1. The van der Waals surface area contributed by atoms with E-state index in [1.807, 2.05) is 0 Å². The second-order valence-electron chi connectivity index (χ2n) is 5.00. The maximum absolute atomic E-state index is 12.8. The molecule has 0 aliphatic rings. The van der Waals surface area contributed by atoms with E-state index in [-0.39, 0.29) is 18.3 Å². The Morgan fingerprint density at radius 1 is 1.08 bits per heavy atom. The molecule has 0 fully saturated rings. The van der Waals surface area contributed by atoms with E-state index < -0.39 is 12.1 Å². The first-order valence-corrected chi connectivity index (χ1v) is 7.50.